The molecule has 25 heavy (non-hydrogen) atoms. The highest BCUT2D eigenvalue weighted by Crippen LogP contribution is 2.53. The maximum atomic E-state index is 12.6. The lowest BCUT2D eigenvalue weighted by Crippen LogP contribution is -2.10. The van der Waals surface area contributed by atoms with Crippen LogP contribution in [-0.2, 0) is 27.7 Å². The van der Waals surface area contributed by atoms with Gasteiger partial charge in [-0.25, -0.2) is 4.57 Å². The van der Waals surface area contributed by atoms with E-state index in [0.29, 0.717) is 11.5 Å². The van der Waals surface area contributed by atoms with Gasteiger partial charge in [-0.3, -0.25) is 23.2 Å². The second-order valence-electron chi connectivity index (χ2n) is 5.88. The van der Waals surface area contributed by atoms with Gasteiger partial charge in [0.2, 0.25) is 0 Å². The van der Waals surface area contributed by atoms with Crippen LogP contribution in [0.4, 0.5) is 0 Å². The van der Waals surface area contributed by atoms with E-state index in [2.05, 4.69) is 0 Å². The molecule has 0 bridgehead atoms. The normalized spacial score (nSPS) is 17.0. The molecule has 1 aliphatic rings. The quantitative estimate of drug-likeness (QED) is 0.379. The summed E-state index contributed by atoms with van der Waals surface area (Å²) in [5.74, 6) is 0.428. The van der Waals surface area contributed by atoms with Gasteiger partial charge in [0, 0.05) is 23.3 Å². The molecule has 0 aromatic carbocycles. The number of carbonyl (C=O) groups excluding carboxylic acids is 2. The van der Waals surface area contributed by atoms with Crippen LogP contribution in [0, 0.1) is 11.8 Å². The van der Waals surface area contributed by atoms with Crippen LogP contribution in [0.3, 0.4) is 0 Å². The van der Waals surface area contributed by atoms with Crippen molar-refractivity contribution in [3.8, 4) is 0 Å². The lowest BCUT2D eigenvalue weighted by molar-refractivity contribution is -0.114. The first-order chi connectivity index (χ1) is 11.6. The number of phosphoric ester groups is 1. The molecule has 0 aromatic rings. The predicted octanol–water partition coefficient (Wildman–Crippen LogP) is 3.80. The molecule has 1 unspecified atom stereocenters. The Morgan fingerprint density at radius 2 is 1.48 bits per heavy atom. The van der Waals surface area contributed by atoms with E-state index in [1.165, 1.54) is 6.08 Å². The highest BCUT2D eigenvalue weighted by molar-refractivity contribution is 8.13. The Kier molecular flexibility index (Phi) is 9.77. The van der Waals surface area contributed by atoms with E-state index in [9.17, 15) is 19.3 Å². The summed E-state index contributed by atoms with van der Waals surface area (Å²) in [7, 11) is -3.88. The number of aliphatic hydroxyl groups excluding tert-OH is 1. The van der Waals surface area contributed by atoms with Crippen LogP contribution >= 0.6 is 31.3 Å². The van der Waals surface area contributed by atoms with Gasteiger partial charge >= 0.3 is 7.82 Å². The summed E-state index contributed by atoms with van der Waals surface area (Å²) < 4.78 is 28.1. The summed E-state index contributed by atoms with van der Waals surface area (Å²) in [6, 6.07) is 0. The Balaban J connectivity index is 2.38. The van der Waals surface area contributed by atoms with E-state index in [4.69, 9.17) is 13.6 Å². The molecule has 10 heteroatoms. The van der Waals surface area contributed by atoms with Crippen LogP contribution in [0.25, 0.3) is 0 Å². The number of hydrogen-bond donors (Lipinski definition) is 1. The third kappa shape index (κ3) is 9.26. The van der Waals surface area contributed by atoms with Crippen molar-refractivity contribution < 1.29 is 32.8 Å². The van der Waals surface area contributed by atoms with E-state index < -0.39 is 13.9 Å². The molecule has 0 saturated carbocycles. The van der Waals surface area contributed by atoms with Crippen molar-refractivity contribution in [2.75, 3.05) is 24.7 Å². The highest BCUT2D eigenvalue weighted by Gasteiger charge is 2.37. The Labute approximate surface area is 156 Å². The largest absolute Gasteiger partial charge is 0.509 e. The number of carbonyl (C=O) groups is 2. The van der Waals surface area contributed by atoms with Crippen molar-refractivity contribution in [2.45, 2.75) is 33.8 Å². The zero-order valence-electron chi connectivity index (χ0n) is 14.8. The molecule has 144 valence electrons. The SMILES string of the molecule is CC(C)C(=O)SCCOP(=O)(OCCSC(=O)C(C)C)OC1C=C1O. The molecule has 0 spiro atoms. The fourth-order valence-corrected chi connectivity index (χ4v) is 4.27. The van der Waals surface area contributed by atoms with Gasteiger partial charge in [0.25, 0.3) is 0 Å². The minimum Gasteiger partial charge on any atom is -0.509 e. The smallest absolute Gasteiger partial charge is 0.475 e. The van der Waals surface area contributed by atoms with E-state index >= 15 is 0 Å². The van der Waals surface area contributed by atoms with E-state index in [1.54, 1.807) is 27.7 Å². The van der Waals surface area contributed by atoms with Crippen molar-refractivity contribution in [3.05, 3.63) is 11.8 Å². The first-order valence-corrected chi connectivity index (χ1v) is 11.4. The van der Waals surface area contributed by atoms with Gasteiger partial charge in [-0.05, 0) is 6.08 Å². The lowest BCUT2D eigenvalue weighted by Gasteiger charge is -2.18. The molecule has 0 radical (unpaired) electrons. The maximum absolute atomic E-state index is 12.6. The average Bonchev–Trinajstić information content (AvgIpc) is 3.22. The number of thioether (sulfide) groups is 2. The molecule has 0 amide bonds. The van der Waals surface area contributed by atoms with Gasteiger partial charge in [-0.15, -0.1) is 0 Å². The number of hydrogen-bond acceptors (Lipinski definition) is 9. The van der Waals surface area contributed by atoms with E-state index in [-0.39, 0.29) is 41.0 Å². The number of aliphatic hydroxyl groups is 1. The minimum absolute atomic E-state index is 0.00591. The van der Waals surface area contributed by atoms with Gasteiger partial charge in [0.15, 0.2) is 10.2 Å². The van der Waals surface area contributed by atoms with Crippen LogP contribution in [-0.4, -0.2) is 46.2 Å². The second kappa shape index (κ2) is 10.7. The minimum atomic E-state index is -3.88. The fraction of sp³-hybridized carbons (Fsp3) is 0.733. The van der Waals surface area contributed by atoms with Crippen molar-refractivity contribution >= 4 is 41.6 Å². The molecular formula is C15H25O7PS2. The second-order valence-corrected chi connectivity index (χ2v) is 9.70. The van der Waals surface area contributed by atoms with Crippen LogP contribution in [0.2, 0.25) is 0 Å². The number of phosphoric acid groups is 1. The van der Waals surface area contributed by atoms with Gasteiger partial charge in [-0.2, -0.15) is 0 Å². The first-order valence-electron chi connectivity index (χ1n) is 7.96. The maximum Gasteiger partial charge on any atom is 0.475 e. The monoisotopic (exact) mass is 412 g/mol. The van der Waals surface area contributed by atoms with Gasteiger partial charge < -0.3 is 5.11 Å². The van der Waals surface area contributed by atoms with Crippen LogP contribution < -0.4 is 0 Å². The van der Waals surface area contributed by atoms with Gasteiger partial charge in [-0.1, -0.05) is 51.2 Å². The molecule has 1 aliphatic carbocycles. The zero-order chi connectivity index (χ0) is 19.0. The molecule has 0 aromatic heterocycles. The summed E-state index contributed by atoms with van der Waals surface area (Å²) in [4.78, 5) is 23.1. The van der Waals surface area contributed by atoms with Crippen LogP contribution in [0.15, 0.2) is 11.8 Å². The Hall–Kier alpha value is -0.310. The molecule has 0 aliphatic heterocycles. The zero-order valence-corrected chi connectivity index (χ0v) is 17.3. The predicted molar refractivity (Wildman–Crippen MR) is 99.7 cm³/mol. The van der Waals surface area contributed by atoms with Crippen LogP contribution in [0.5, 0.6) is 0 Å². The third-order valence-corrected chi connectivity index (χ3v) is 6.58. The topological polar surface area (TPSA) is 99.1 Å². The molecule has 0 heterocycles. The molecule has 1 rings (SSSR count). The highest BCUT2D eigenvalue weighted by atomic mass is 32.2. The summed E-state index contributed by atoms with van der Waals surface area (Å²) >= 11 is 2.18. The molecule has 1 atom stereocenters. The standard InChI is InChI=1S/C15H25O7PS2/c1-10(2)14(17)24-7-5-20-23(19,22-13-9-12(13)16)21-6-8-25-15(18)11(3)4/h9-11,13,16H,5-8H2,1-4H3. The molecule has 1 N–H and O–H groups in total. The molecule has 7 nitrogen and oxygen atoms in total. The summed E-state index contributed by atoms with van der Waals surface area (Å²) in [6.45, 7) is 7.20. The summed E-state index contributed by atoms with van der Waals surface area (Å²) in [5, 5.41) is 9.24. The van der Waals surface area contributed by atoms with E-state index in [0.717, 1.165) is 23.5 Å². The molecule has 0 fully saturated rings. The fourth-order valence-electron chi connectivity index (χ4n) is 1.34. The van der Waals surface area contributed by atoms with Crippen molar-refractivity contribution in [3.63, 3.8) is 0 Å². The lowest BCUT2D eigenvalue weighted by atomic mass is 10.3. The molecule has 0 saturated heterocycles. The Bertz CT molecular complexity index is 516. The average molecular weight is 412 g/mol. The first kappa shape index (κ1) is 22.7. The third-order valence-electron chi connectivity index (χ3n) is 2.84. The summed E-state index contributed by atoms with van der Waals surface area (Å²) in [6.07, 6.45) is 0.605. The van der Waals surface area contributed by atoms with Gasteiger partial charge in [0.1, 0.15) is 11.9 Å². The van der Waals surface area contributed by atoms with Crippen molar-refractivity contribution in [1.29, 1.82) is 0 Å². The Morgan fingerprint density at radius 1 is 1.08 bits per heavy atom. The Morgan fingerprint density at radius 3 is 1.80 bits per heavy atom. The number of rotatable bonds is 12. The van der Waals surface area contributed by atoms with Crippen molar-refractivity contribution in [2.24, 2.45) is 11.8 Å². The van der Waals surface area contributed by atoms with Crippen LogP contribution in [0.1, 0.15) is 27.7 Å². The summed E-state index contributed by atoms with van der Waals surface area (Å²) in [5.41, 5.74) is 0. The van der Waals surface area contributed by atoms with E-state index in [1.807, 2.05) is 0 Å². The van der Waals surface area contributed by atoms with Crippen molar-refractivity contribution in [1.82, 2.24) is 0 Å². The molecular weight excluding hydrogens is 387 g/mol. The van der Waals surface area contributed by atoms with Gasteiger partial charge in [0.05, 0.1) is 13.2 Å².